The molecule has 0 atom stereocenters. The maximum atomic E-state index is 13.7. The molecule has 0 spiro atoms. The summed E-state index contributed by atoms with van der Waals surface area (Å²) in [5.41, 5.74) is 0.687. The van der Waals surface area contributed by atoms with Crippen molar-refractivity contribution in [1.82, 2.24) is 0 Å². The Morgan fingerprint density at radius 3 is 2.42 bits per heavy atom. The molecule has 31 heavy (non-hydrogen) atoms. The molecule has 4 aromatic rings. The molecule has 8 heteroatoms. The van der Waals surface area contributed by atoms with Crippen molar-refractivity contribution in [2.24, 2.45) is 0 Å². The summed E-state index contributed by atoms with van der Waals surface area (Å²) >= 11 is 1.31. The van der Waals surface area contributed by atoms with Crippen LogP contribution < -0.4 is 4.31 Å². The minimum atomic E-state index is -4.01. The fourth-order valence-corrected chi connectivity index (χ4v) is 5.91. The Morgan fingerprint density at radius 2 is 1.74 bits per heavy atom. The van der Waals surface area contributed by atoms with E-state index in [1.807, 2.05) is 30.3 Å². The van der Waals surface area contributed by atoms with E-state index in [0.29, 0.717) is 16.1 Å². The van der Waals surface area contributed by atoms with Crippen molar-refractivity contribution in [3.63, 3.8) is 0 Å². The third kappa shape index (κ3) is 4.15. The topological polar surface area (TPSA) is 61.2 Å². The number of anilines is 1. The Morgan fingerprint density at radius 1 is 1.00 bits per heavy atom. The molecular weight excluding hydrogens is 438 g/mol. The Hall–Kier alpha value is -3.28. The lowest BCUT2D eigenvalue weighted by Gasteiger charge is -2.23. The van der Waals surface area contributed by atoms with Gasteiger partial charge in [0.1, 0.15) is 17.5 Å². The number of rotatable bonds is 6. The SMILES string of the molecule is N#Cc1ccc(S(=O)(=O)N(Cc2ccc(F)c(CF)c2)c2cc3ccccc3s2)cc1. The maximum Gasteiger partial charge on any atom is 0.265 e. The summed E-state index contributed by atoms with van der Waals surface area (Å²) < 4.78 is 56.1. The normalized spacial score (nSPS) is 11.4. The van der Waals surface area contributed by atoms with Crippen LogP contribution in [0, 0.1) is 17.1 Å². The number of benzene rings is 3. The molecule has 0 aliphatic carbocycles. The molecular formula is C23H16F2N2O2S2. The third-order valence-electron chi connectivity index (χ3n) is 4.81. The zero-order valence-electron chi connectivity index (χ0n) is 16.1. The summed E-state index contributed by atoms with van der Waals surface area (Å²) in [5.74, 6) is -0.672. The Kier molecular flexibility index (Phi) is 5.72. The van der Waals surface area contributed by atoms with Gasteiger partial charge < -0.3 is 0 Å². The van der Waals surface area contributed by atoms with E-state index in [-0.39, 0.29) is 17.0 Å². The van der Waals surface area contributed by atoms with Gasteiger partial charge in [-0.05, 0) is 59.5 Å². The highest BCUT2D eigenvalue weighted by Crippen LogP contribution is 2.36. The largest absolute Gasteiger partial charge is 0.265 e. The second kappa shape index (κ2) is 8.46. The number of fused-ring (bicyclic) bond motifs is 1. The lowest BCUT2D eigenvalue weighted by Crippen LogP contribution is -2.30. The van der Waals surface area contributed by atoms with Crippen LogP contribution >= 0.6 is 11.3 Å². The van der Waals surface area contributed by atoms with E-state index in [0.717, 1.165) is 16.2 Å². The van der Waals surface area contributed by atoms with Crippen molar-refractivity contribution in [3.8, 4) is 6.07 Å². The molecule has 0 aliphatic rings. The Bertz CT molecular complexity index is 1360. The highest BCUT2D eigenvalue weighted by Gasteiger charge is 2.27. The fourth-order valence-electron chi connectivity index (χ4n) is 3.20. The van der Waals surface area contributed by atoms with Gasteiger partial charge in [-0.15, -0.1) is 11.3 Å². The number of thiophene rings is 1. The summed E-state index contributed by atoms with van der Waals surface area (Å²) in [6.07, 6.45) is 0. The molecule has 0 aliphatic heterocycles. The highest BCUT2D eigenvalue weighted by atomic mass is 32.2. The van der Waals surface area contributed by atoms with Gasteiger partial charge in [0, 0.05) is 10.3 Å². The number of sulfonamides is 1. The van der Waals surface area contributed by atoms with Gasteiger partial charge in [-0.25, -0.2) is 17.2 Å². The average molecular weight is 455 g/mol. The van der Waals surface area contributed by atoms with Crippen LogP contribution in [0.4, 0.5) is 13.8 Å². The van der Waals surface area contributed by atoms with Crippen molar-refractivity contribution in [3.05, 3.63) is 95.3 Å². The standard InChI is InChI=1S/C23H16F2N2O2S2/c24-13-19-11-17(7-10-21(19)25)15-27(23-12-18-3-1-2-4-22(18)30-23)31(28,29)20-8-5-16(14-26)6-9-20/h1-12H,13,15H2. The number of hydrogen-bond acceptors (Lipinski definition) is 4. The minimum absolute atomic E-state index is 0.0248. The summed E-state index contributed by atoms with van der Waals surface area (Å²) in [6.45, 7) is -1.08. The van der Waals surface area contributed by atoms with Crippen LogP contribution in [-0.4, -0.2) is 8.42 Å². The molecule has 0 N–H and O–H groups in total. The van der Waals surface area contributed by atoms with Gasteiger partial charge in [0.25, 0.3) is 10.0 Å². The fraction of sp³-hybridized carbons (Fsp3) is 0.0870. The maximum absolute atomic E-state index is 13.7. The van der Waals surface area contributed by atoms with Gasteiger partial charge >= 0.3 is 0 Å². The van der Waals surface area contributed by atoms with Crippen LogP contribution in [0.1, 0.15) is 16.7 Å². The lowest BCUT2D eigenvalue weighted by atomic mass is 10.1. The Balaban J connectivity index is 1.82. The van der Waals surface area contributed by atoms with E-state index in [9.17, 15) is 17.2 Å². The van der Waals surface area contributed by atoms with Gasteiger partial charge in [0.15, 0.2) is 0 Å². The van der Waals surface area contributed by atoms with Crippen molar-refractivity contribution in [2.75, 3.05) is 4.31 Å². The molecule has 156 valence electrons. The summed E-state index contributed by atoms with van der Waals surface area (Å²) in [4.78, 5) is 0.0248. The Labute approximate surface area is 182 Å². The monoisotopic (exact) mass is 454 g/mol. The van der Waals surface area contributed by atoms with E-state index in [1.165, 1.54) is 52.0 Å². The lowest BCUT2D eigenvalue weighted by molar-refractivity contribution is 0.463. The van der Waals surface area contributed by atoms with Crippen LogP contribution in [0.2, 0.25) is 0 Å². The van der Waals surface area contributed by atoms with Crippen LogP contribution in [0.5, 0.6) is 0 Å². The second-order valence-electron chi connectivity index (χ2n) is 6.83. The molecule has 0 saturated heterocycles. The summed E-state index contributed by atoms with van der Waals surface area (Å²) in [5, 5.41) is 10.4. The van der Waals surface area contributed by atoms with Gasteiger partial charge in [0.2, 0.25) is 0 Å². The van der Waals surface area contributed by atoms with E-state index in [2.05, 4.69) is 0 Å². The zero-order chi connectivity index (χ0) is 22.0. The van der Waals surface area contributed by atoms with Crippen LogP contribution in [-0.2, 0) is 23.2 Å². The molecule has 0 unspecified atom stereocenters. The van der Waals surface area contributed by atoms with E-state index in [1.54, 1.807) is 6.07 Å². The number of halogens is 2. The van der Waals surface area contributed by atoms with Crippen LogP contribution in [0.25, 0.3) is 10.1 Å². The number of nitrogens with zero attached hydrogens (tertiary/aromatic N) is 2. The number of hydrogen-bond donors (Lipinski definition) is 0. The first-order valence-electron chi connectivity index (χ1n) is 9.27. The zero-order valence-corrected chi connectivity index (χ0v) is 17.8. The molecule has 1 aromatic heterocycles. The summed E-state index contributed by atoms with van der Waals surface area (Å²) in [6, 6.07) is 20.8. The molecule has 1 heterocycles. The van der Waals surface area contributed by atoms with Gasteiger partial charge in [-0.3, -0.25) is 4.31 Å². The molecule has 4 nitrogen and oxygen atoms in total. The molecule has 0 fully saturated rings. The first-order chi connectivity index (χ1) is 14.9. The predicted octanol–water partition coefficient (Wildman–Crippen LogP) is 5.78. The molecule has 3 aromatic carbocycles. The predicted molar refractivity (Wildman–Crippen MR) is 118 cm³/mol. The molecule has 0 bridgehead atoms. The second-order valence-corrected chi connectivity index (χ2v) is 9.75. The molecule has 0 radical (unpaired) electrons. The van der Waals surface area contributed by atoms with Crippen molar-refractivity contribution in [2.45, 2.75) is 18.1 Å². The highest BCUT2D eigenvalue weighted by molar-refractivity contribution is 7.93. The van der Waals surface area contributed by atoms with E-state index >= 15 is 0 Å². The minimum Gasteiger partial charge on any atom is -0.253 e. The quantitative estimate of drug-likeness (QED) is 0.371. The van der Waals surface area contributed by atoms with Gasteiger partial charge in [0.05, 0.1) is 23.1 Å². The van der Waals surface area contributed by atoms with Crippen LogP contribution in [0.15, 0.2) is 77.7 Å². The third-order valence-corrected chi connectivity index (χ3v) is 7.84. The number of nitriles is 1. The average Bonchev–Trinajstić information content (AvgIpc) is 3.22. The van der Waals surface area contributed by atoms with Gasteiger partial charge in [-0.1, -0.05) is 24.3 Å². The smallest absolute Gasteiger partial charge is 0.253 e. The number of alkyl halides is 1. The molecule has 4 rings (SSSR count). The summed E-state index contributed by atoms with van der Waals surface area (Å²) in [7, 11) is -4.01. The first kappa shape index (κ1) is 21.0. The molecule has 0 amide bonds. The van der Waals surface area contributed by atoms with E-state index in [4.69, 9.17) is 5.26 Å². The first-order valence-corrected chi connectivity index (χ1v) is 11.5. The van der Waals surface area contributed by atoms with E-state index < -0.39 is 22.5 Å². The van der Waals surface area contributed by atoms with Crippen molar-refractivity contribution < 1.29 is 17.2 Å². The van der Waals surface area contributed by atoms with Gasteiger partial charge in [-0.2, -0.15) is 5.26 Å². The van der Waals surface area contributed by atoms with Crippen LogP contribution in [0.3, 0.4) is 0 Å². The van der Waals surface area contributed by atoms with Crippen molar-refractivity contribution in [1.29, 1.82) is 5.26 Å². The molecule has 0 saturated carbocycles. The van der Waals surface area contributed by atoms with Crippen molar-refractivity contribution >= 4 is 36.4 Å².